The number of hydrogen-bond acceptors (Lipinski definition) is 2. The molecule has 0 fully saturated rings. The van der Waals surface area contributed by atoms with Gasteiger partial charge < -0.3 is 18.8 Å². The van der Waals surface area contributed by atoms with Gasteiger partial charge in [-0.15, -0.1) is 0 Å². The van der Waals surface area contributed by atoms with Gasteiger partial charge in [0.2, 0.25) is 0 Å². The predicted molar refractivity (Wildman–Crippen MR) is 163 cm³/mol. The largest absolute Gasteiger partial charge is 0.453 e. The molecule has 0 atom stereocenters. The third-order valence-electron chi connectivity index (χ3n) is 7.47. The highest BCUT2D eigenvalue weighted by Crippen LogP contribution is 2.49. The van der Waals surface area contributed by atoms with Gasteiger partial charge in [-0.1, -0.05) is 45.3 Å². The first kappa shape index (κ1) is 22.2. The number of anilines is 2. The number of hydrogen-bond donors (Lipinski definition) is 0. The number of ether oxygens (including phenoxy) is 1. The molecule has 0 N–H and O–H groups in total. The number of aromatic nitrogens is 3. The van der Waals surface area contributed by atoms with E-state index in [0.29, 0.717) is 0 Å². The van der Waals surface area contributed by atoms with Crippen LogP contribution in [0.5, 0.6) is 11.5 Å². The van der Waals surface area contributed by atoms with Crippen LogP contribution in [0.2, 0.25) is 0 Å². The van der Waals surface area contributed by atoms with Crippen molar-refractivity contribution in [2.45, 2.75) is 6.92 Å². The van der Waals surface area contributed by atoms with E-state index in [9.17, 15) is 0 Å². The summed E-state index contributed by atoms with van der Waals surface area (Å²) in [4.78, 5) is 6.84. The summed E-state index contributed by atoms with van der Waals surface area (Å²) in [6, 6.07) is 35.9. The molecule has 1 aliphatic heterocycles. The lowest BCUT2D eigenvalue weighted by Crippen LogP contribution is -2.24. The van der Waals surface area contributed by atoms with Crippen LogP contribution in [0, 0.1) is 0 Å². The SMILES string of the molecule is CC(=P)N1c2ccccc2Oc2cc3c4ccccc4n(-c4cccc(-n5ccc6cccnc65)c4)c3cc21. The Labute approximate surface area is 227 Å². The zero-order valence-electron chi connectivity index (χ0n) is 21.2. The third kappa shape index (κ3) is 3.27. The van der Waals surface area contributed by atoms with Crippen molar-refractivity contribution in [1.29, 1.82) is 0 Å². The molecule has 5 nitrogen and oxygen atoms in total. The molecule has 8 rings (SSSR count). The van der Waals surface area contributed by atoms with E-state index in [1.807, 2.05) is 30.5 Å². The van der Waals surface area contributed by atoms with Crippen molar-refractivity contribution in [3.8, 4) is 22.9 Å². The zero-order valence-corrected chi connectivity index (χ0v) is 22.2. The third-order valence-corrected chi connectivity index (χ3v) is 7.69. The van der Waals surface area contributed by atoms with Crippen molar-refractivity contribution >= 4 is 58.5 Å². The molecule has 39 heavy (non-hydrogen) atoms. The molecule has 6 heteroatoms. The maximum atomic E-state index is 6.44. The highest BCUT2D eigenvalue weighted by atomic mass is 31.0. The molecule has 4 heterocycles. The number of nitrogens with zero attached hydrogens (tertiary/aromatic N) is 4. The Bertz CT molecular complexity index is 2100. The molecule has 0 aliphatic carbocycles. The number of pyridine rings is 1. The molecule has 0 spiro atoms. The fourth-order valence-electron chi connectivity index (χ4n) is 5.81. The van der Waals surface area contributed by atoms with Crippen molar-refractivity contribution in [2.75, 3.05) is 4.90 Å². The minimum Gasteiger partial charge on any atom is -0.453 e. The fourth-order valence-corrected chi connectivity index (χ4v) is 6.05. The highest BCUT2D eigenvalue weighted by Gasteiger charge is 2.27. The Balaban J connectivity index is 1.39. The van der Waals surface area contributed by atoms with Gasteiger partial charge in [-0.3, -0.25) is 0 Å². The summed E-state index contributed by atoms with van der Waals surface area (Å²) in [6.07, 6.45) is 3.92. The topological polar surface area (TPSA) is 35.2 Å². The number of benzene rings is 4. The van der Waals surface area contributed by atoms with Gasteiger partial charge in [0.1, 0.15) is 5.65 Å². The molecule has 7 aromatic rings. The molecule has 3 aromatic heterocycles. The first-order chi connectivity index (χ1) is 19.2. The monoisotopic (exact) mass is 522 g/mol. The quantitative estimate of drug-likeness (QED) is 0.218. The van der Waals surface area contributed by atoms with Crippen molar-refractivity contribution in [2.24, 2.45) is 0 Å². The lowest BCUT2D eigenvalue weighted by molar-refractivity contribution is 0.478. The second kappa shape index (κ2) is 8.32. The van der Waals surface area contributed by atoms with E-state index < -0.39 is 0 Å². The molecular formula is C33H23N4OP. The smallest absolute Gasteiger partial charge is 0.152 e. The van der Waals surface area contributed by atoms with E-state index in [1.54, 1.807) is 0 Å². The lowest BCUT2D eigenvalue weighted by atomic mass is 10.1. The maximum absolute atomic E-state index is 6.44. The van der Waals surface area contributed by atoms with Crippen LogP contribution in [0.3, 0.4) is 0 Å². The second-order valence-electron chi connectivity index (χ2n) is 9.80. The van der Waals surface area contributed by atoms with Crippen LogP contribution in [-0.4, -0.2) is 19.5 Å². The van der Waals surface area contributed by atoms with Crippen LogP contribution in [0.1, 0.15) is 6.92 Å². The van der Waals surface area contributed by atoms with Gasteiger partial charge in [-0.2, -0.15) is 0 Å². The van der Waals surface area contributed by atoms with Crippen LogP contribution < -0.4 is 9.64 Å². The average Bonchev–Trinajstić information content (AvgIpc) is 3.54. The van der Waals surface area contributed by atoms with Gasteiger partial charge in [0.15, 0.2) is 11.5 Å². The summed E-state index contributed by atoms with van der Waals surface area (Å²) in [7, 11) is 3.82. The van der Waals surface area contributed by atoms with Gasteiger partial charge in [-0.05, 0) is 73.7 Å². The average molecular weight is 523 g/mol. The van der Waals surface area contributed by atoms with E-state index in [2.05, 4.69) is 120 Å². The zero-order chi connectivity index (χ0) is 26.1. The Morgan fingerprint density at radius 1 is 0.718 bits per heavy atom. The molecule has 0 saturated heterocycles. The molecule has 0 radical (unpaired) electrons. The van der Waals surface area contributed by atoms with Crippen molar-refractivity contribution in [3.63, 3.8) is 0 Å². The van der Waals surface area contributed by atoms with E-state index in [4.69, 9.17) is 4.74 Å². The summed E-state index contributed by atoms with van der Waals surface area (Å²) in [5, 5.41) is 3.45. The van der Waals surface area contributed by atoms with Crippen LogP contribution in [0.4, 0.5) is 11.4 Å². The standard InChI is InChI=1S/C33H23N4OP/c1-21(39)36-28-13-4-5-14-31(28)38-32-19-26-25-11-2-3-12-27(25)37(29(26)20-30(32)36)24-10-6-9-23(18-24)35-17-15-22-8-7-16-34-33(22)35/h2-20,39H,1H3. The van der Waals surface area contributed by atoms with Crippen LogP contribution in [-0.2, 0) is 0 Å². The minimum atomic E-state index is 0.834. The number of rotatable bonds is 3. The van der Waals surface area contributed by atoms with Gasteiger partial charge in [-0.25, -0.2) is 4.98 Å². The second-order valence-corrected chi connectivity index (χ2v) is 10.5. The first-order valence-electron chi connectivity index (χ1n) is 12.9. The van der Waals surface area contributed by atoms with Crippen LogP contribution in [0.15, 0.2) is 116 Å². The summed E-state index contributed by atoms with van der Waals surface area (Å²) in [5.74, 6) is 1.67. The normalized spacial score (nSPS) is 12.5. The Morgan fingerprint density at radius 2 is 1.56 bits per heavy atom. The Kier molecular flexibility index (Phi) is 4.73. The molecule has 0 bridgehead atoms. The predicted octanol–water partition coefficient (Wildman–Crippen LogP) is 8.66. The molecule has 0 unspecified atom stereocenters. The lowest BCUT2D eigenvalue weighted by Gasteiger charge is -2.32. The van der Waals surface area contributed by atoms with E-state index in [1.165, 1.54) is 5.39 Å². The van der Waals surface area contributed by atoms with E-state index in [-0.39, 0.29) is 0 Å². The highest BCUT2D eigenvalue weighted by molar-refractivity contribution is 7.21. The van der Waals surface area contributed by atoms with Gasteiger partial charge in [0.05, 0.1) is 22.4 Å². The summed E-state index contributed by atoms with van der Waals surface area (Å²) < 4.78 is 10.9. The summed E-state index contributed by atoms with van der Waals surface area (Å²) >= 11 is 0. The molecule has 0 saturated carbocycles. The molecule has 1 aliphatic rings. The molecule has 4 aromatic carbocycles. The Morgan fingerprint density at radius 3 is 2.49 bits per heavy atom. The van der Waals surface area contributed by atoms with Crippen molar-refractivity contribution < 1.29 is 4.74 Å². The van der Waals surface area contributed by atoms with Gasteiger partial charge in [0.25, 0.3) is 0 Å². The van der Waals surface area contributed by atoms with Gasteiger partial charge in [0, 0.05) is 45.3 Å². The molecular weight excluding hydrogens is 499 g/mol. The molecule has 0 amide bonds. The van der Waals surface area contributed by atoms with E-state index in [0.717, 1.165) is 67.1 Å². The maximum Gasteiger partial charge on any atom is 0.152 e. The van der Waals surface area contributed by atoms with Crippen LogP contribution >= 0.6 is 8.86 Å². The van der Waals surface area contributed by atoms with Crippen molar-refractivity contribution in [3.05, 3.63) is 116 Å². The van der Waals surface area contributed by atoms with Crippen LogP contribution in [0.25, 0.3) is 44.2 Å². The molecule has 186 valence electrons. The number of para-hydroxylation sites is 3. The van der Waals surface area contributed by atoms with Crippen molar-refractivity contribution in [1.82, 2.24) is 14.1 Å². The first-order valence-corrected chi connectivity index (χ1v) is 13.4. The summed E-state index contributed by atoms with van der Waals surface area (Å²) in [5.41, 5.74) is 8.34. The van der Waals surface area contributed by atoms with Gasteiger partial charge >= 0.3 is 0 Å². The number of fused-ring (bicyclic) bond motifs is 6. The summed E-state index contributed by atoms with van der Waals surface area (Å²) in [6.45, 7) is 2.06. The van der Waals surface area contributed by atoms with E-state index >= 15 is 0 Å². The fraction of sp³-hybridized carbons (Fsp3) is 0.0303. The minimum absolute atomic E-state index is 0.834. The Hall–Kier alpha value is -4.86.